The number of nitrogens with zero attached hydrogens (tertiary/aromatic N) is 2. The van der Waals surface area contributed by atoms with Crippen LogP contribution in [0.5, 0.6) is 5.75 Å². The van der Waals surface area contributed by atoms with Gasteiger partial charge in [0.15, 0.2) is 18.2 Å². The second-order valence-electron chi connectivity index (χ2n) is 6.58. The molecular formula is C20H20F3N3O3. The van der Waals surface area contributed by atoms with Crippen LogP contribution in [0, 0.1) is 17.5 Å². The van der Waals surface area contributed by atoms with Crippen molar-refractivity contribution >= 4 is 17.5 Å². The van der Waals surface area contributed by atoms with Gasteiger partial charge in [-0.05, 0) is 36.4 Å². The predicted molar refractivity (Wildman–Crippen MR) is 99.9 cm³/mol. The summed E-state index contributed by atoms with van der Waals surface area (Å²) >= 11 is 0. The fourth-order valence-electron chi connectivity index (χ4n) is 2.92. The van der Waals surface area contributed by atoms with Gasteiger partial charge in [-0.15, -0.1) is 0 Å². The first-order chi connectivity index (χ1) is 13.9. The Balaban J connectivity index is 1.40. The molecule has 1 fully saturated rings. The van der Waals surface area contributed by atoms with Crippen LogP contribution >= 0.6 is 0 Å². The summed E-state index contributed by atoms with van der Waals surface area (Å²) in [6, 6.07) is 8.37. The van der Waals surface area contributed by atoms with Crippen LogP contribution in [0.25, 0.3) is 0 Å². The molecule has 1 aliphatic rings. The Bertz CT molecular complexity index is 869. The van der Waals surface area contributed by atoms with Crippen LogP contribution in [0.1, 0.15) is 0 Å². The first-order valence-electron chi connectivity index (χ1n) is 9.04. The minimum atomic E-state index is -0.866. The molecule has 2 aromatic rings. The van der Waals surface area contributed by atoms with E-state index in [0.717, 1.165) is 12.1 Å². The van der Waals surface area contributed by atoms with E-state index in [2.05, 4.69) is 5.32 Å². The van der Waals surface area contributed by atoms with Gasteiger partial charge in [0, 0.05) is 37.9 Å². The second-order valence-corrected chi connectivity index (χ2v) is 6.58. The highest BCUT2D eigenvalue weighted by Crippen LogP contribution is 2.17. The number of carbonyl (C=O) groups is 2. The number of carbonyl (C=O) groups excluding carboxylic acids is 2. The predicted octanol–water partition coefficient (Wildman–Crippen LogP) is 2.27. The lowest BCUT2D eigenvalue weighted by Crippen LogP contribution is -2.51. The molecule has 1 N–H and O–H groups in total. The normalized spacial score (nSPS) is 14.5. The number of amides is 2. The monoisotopic (exact) mass is 407 g/mol. The van der Waals surface area contributed by atoms with E-state index in [1.807, 2.05) is 4.90 Å². The second kappa shape index (κ2) is 9.42. The third kappa shape index (κ3) is 5.95. The summed E-state index contributed by atoms with van der Waals surface area (Å²) in [5.74, 6) is -2.70. The number of ether oxygens (including phenoxy) is 1. The molecule has 0 radical (unpaired) electrons. The van der Waals surface area contributed by atoms with Crippen LogP contribution < -0.4 is 10.1 Å². The average Bonchev–Trinajstić information content (AvgIpc) is 2.69. The highest BCUT2D eigenvalue weighted by Gasteiger charge is 2.23. The minimum absolute atomic E-state index is 0.150. The van der Waals surface area contributed by atoms with Crippen molar-refractivity contribution in [2.24, 2.45) is 0 Å². The van der Waals surface area contributed by atoms with Gasteiger partial charge in [-0.3, -0.25) is 14.5 Å². The van der Waals surface area contributed by atoms with Gasteiger partial charge in [-0.25, -0.2) is 13.2 Å². The topological polar surface area (TPSA) is 61.9 Å². The largest absolute Gasteiger partial charge is 0.481 e. The highest BCUT2D eigenvalue weighted by molar-refractivity contribution is 5.92. The van der Waals surface area contributed by atoms with Crippen LogP contribution in [0.4, 0.5) is 18.9 Å². The first-order valence-corrected chi connectivity index (χ1v) is 9.04. The SMILES string of the molecule is O=C(CN1CCN(C(=O)COc2ccc(F)cc2F)CC1)Nc1ccc(F)cc1. The molecule has 0 aliphatic carbocycles. The third-order valence-corrected chi connectivity index (χ3v) is 4.47. The zero-order valence-corrected chi connectivity index (χ0v) is 15.5. The fraction of sp³-hybridized carbons (Fsp3) is 0.300. The third-order valence-electron chi connectivity index (χ3n) is 4.47. The molecule has 29 heavy (non-hydrogen) atoms. The van der Waals surface area contributed by atoms with Crippen molar-refractivity contribution < 1.29 is 27.5 Å². The van der Waals surface area contributed by atoms with Gasteiger partial charge in [0.2, 0.25) is 5.91 Å². The lowest BCUT2D eigenvalue weighted by atomic mass is 10.3. The van der Waals surface area contributed by atoms with Crippen molar-refractivity contribution in [1.82, 2.24) is 9.80 Å². The Morgan fingerprint density at radius 1 is 0.931 bits per heavy atom. The summed E-state index contributed by atoms with van der Waals surface area (Å²) in [4.78, 5) is 27.8. The molecule has 1 heterocycles. The molecule has 9 heteroatoms. The van der Waals surface area contributed by atoms with E-state index in [0.29, 0.717) is 37.9 Å². The van der Waals surface area contributed by atoms with Crippen LogP contribution in [0.15, 0.2) is 42.5 Å². The summed E-state index contributed by atoms with van der Waals surface area (Å²) < 4.78 is 44.4. The van der Waals surface area contributed by atoms with Crippen LogP contribution in [0.2, 0.25) is 0 Å². The van der Waals surface area contributed by atoms with Crippen molar-refractivity contribution in [2.45, 2.75) is 0 Å². The van der Waals surface area contributed by atoms with E-state index in [9.17, 15) is 22.8 Å². The number of hydrogen-bond acceptors (Lipinski definition) is 4. The molecule has 2 amide bonds. The first kappa shape index (κ1) is 20.7. The average molecular weight is 407 g/mol. The van der Waals surface area contributed by atoms with Crippen molar-refractivity contribution in [3.05, 3.63) is 59.9 Å². The number of rotatable bonds is 6. The van der Waals surface area contributed by atoms with Crippen molar-refractivity contribution in [1.29, 1.82) is 0 Å². The zero-order valence-electron chi connectivity index (χ0n) is 15.5. The summed E-state index contributed by atoms with van der Waals surface area (Å²) in [5, 5.41) is 2.69. The van der Waals surface area contributed by atoms with Gasteiger partial charge in [0.05, 0.1) is 6.54 Å². The Morgan fingerprint density at radius 3 is 2.24 bits per heavy atom. The molecule has 0 atom stereocenters. The summed E-state index contributed by atoms with van der Waals surface area (Å²) in [6.45, 7) is 1.58. The Kier molecular flexibility index (Phi) is 6.71. The molecule has 2 aromatic carbocycles. The quantitative estimate of drug-likeness (QED) is 0.798. The van der Waals surface area contributed by atoms with E-state index in [4.69, 9.17) is 4.74 Å². The number of anilines is 1. The molecule has 3 rings (SSSR count). The van der Waals surface area contributed by atoms with Gasteiger partial charge in [0.25, 0.3) is 5.91 Å². The molecule has 1 saturated heterocycles. The molecule has 0 unspecified atom stereocenters. The molecule has 0 bridgehead atoms. The number of halogens is 3. The number of nitrogens with one attached hydrogen (secondary N) is 1. The van der Waals surface area contributed by atoms with Gasteiger partial charge in [-0.2, -0.15) is 0 Å². The maximum Gasteiger partial charge on any atom is 0.260 e. The highest BCUT2D eigenvalue weighted by atomic mass is 19.1. The summed E-state index contributed by atoms with van der Waals surface area (Å²) in [6.07, 6.45) is 0. The lowest BCUT2D eigenvalue weighted by molar-refractivity contribution is -0.135. The molecule has 0 spiro atoms. The standard InChI is InChI=1S/C20H20F3N3O3/c21-14-1-4-16(5-2-14)24-19(27)12-25-7-9-26(10-8-25)20(28)13-29-18-6-3-15(22)11-17(18)23/h1-6,11H,7-10,12-13H2,(H,24,27). The van der Waals surface area contributed by atoms with Gasteiger partial charge in [0.1, 0.15) is 11.6 Å². The van der Waals surface area contributed by atoms with E-state index in [-0.39, 0.29) is 36.5 Å². The van der Waals surface area contributed by atoms with Crippen LogP contribution in [-0.4, -0.2) is 60.9 Å². The van der Waals surface area contributed by atoms with E-state index >= 15 is 0 Å². The Morgan fingerprint density at radius 2 is 1.59 bits per heavy atom. The number of piperazine rings is 1. The molecule has 1 aliphatic heterocycles. The van der Waals surface area contributed by atoms with Gasteiger partial charge < -0.3 is 15.0 Å². The van der Waals surface area contributed by atoms with E-state index < -0.39 is 11.6 Å². The molecule has 0 aromatic heterocycles. The maximum absolute atomic E-state index is 13.5. The Hall–Kier alpha value is -3.07. The summed E-state index contributed by atoms with van der Waals surface area (Å²) in [7, 11) is 0. The molecule has 0 saturated carbocycles. The number of hydrogen-bond donors (Lipinski definition) is 1. The smallest absolute Gasteiger partial charge is 0.260 e. The van der Waals surface area contributed by atoms with Crippen molar-refractivity contribution in [3.63, 3.8) is 0 Å². The van der Waals surface area contributed by atoms with E-state index in [1.54, 1.807) is 4.90 Å². The van der Waals surface area contributed by atoms with Gasteiger partial charge in [-0.1, -0.05) is 0 Å². The van der Waals surface area contributed by atoms with Crippen LogP contribution in [-0.2, 0) is 9.59 Å². The molecule has 154 valence electrons. The van der Waals surface area contributed by atoms with Gasteiger partial charge >= 0.3 is 0 Å². The lowest BCUT2D eigenvalue weighted by Gasteiger charge is -2.34. The molecule has 6 nitrogen and oxygen atoms in total. The summed E-state index contributed by atoms with van der Waals surface area (Å²) in [5.41, 5.74) is 0.510. The number of benzene rings is 2. The van der Waals surface area contributed by atoms with Crippen LogP contribution in [0.3, 0.4) is 0 Å². The van der Waals surface area contributed by atoms with E-state index in [1.165, 1.54) is 24.3 Å². The fourth-order valence-corrected chi connectivity index (χ4v) is 2.92. The minimum Gasteiger partial charge on any atom is -0.481 e. The van der Waals surface area contributed by atoms with Crippen molar-refractivity contribution in [3.8, 4) is 5.75 Å². The van der Waals surface area contributed by atoms with Crippen molar-refractivity contribution in [2.75, 3.05) is 44.6 Å². The zero-order chi connectivity index (χ0) is 20.8. The Labute approximate surface area is 165 Å². The maximum atomic E-state index is 13.5. The molecular weight excluding hydrogens is 387 g/mol.